The maximum absolute atomic E-state index is 13.8. The minimum atomic E-state index is -0.608. The monoisotopic (exact) mass is 444 g/mol. The van der Waals surface area contributed by atoms with Crippen molar-refractivity contribution in [3.8, 4) is 17.2 Å². The number of nitrogens with zero attached hydrogens (tertiary/aromatic N) is 2. The highest BCUT2D eigenvalue weighted by molar-refractivity contribution is 6.10. The molecule has 0 fully saturated rings. The summed E-state index contributed by atoms with van der Waals surface area (Å²) in [5, 5.41) is 11.4. The van der Waals surface area contributed by atoms with Gasteiger partial charge >= 0.3 is 0 Å². The zero-order chi connectivity index (χ0) is 23.5. The molecule has 0 saturated heterocycles. The number of aromatic nitrogens is 1. The Bertz CT molecular complexity index is 1380. The fourth-order valence-electron chi connectivity index (χ4n) is 3.85. The second-order valence-electron chi connectivity index (χ2n) is 7.51. The molecule has 1 aromatic heterocycles. The predicted molar refractivity (Wildman–Crippen MR) is 127 cm³/mol. The van der Waals surface area contributed by atoms with Crippen LogP contribution in [0.5, 0.6) is 17.2 Å². The number of benzene rings is 3. The van der Waals surface area contributed by atoms with E-state index in [-0.39, 0.29) is 17.9 Å². The molecular formula is C26H24N2O5. The molecule has 0 radical (unpaired) electrons. The van der Waals surface area contributed by atoms with Crippen molar-refractivity contribution >= 4 is 22.5 Å². The average Bonchev–Trinajstić information content (AvgIpc) is 2.86. The van der Waals surface area contributed by atoms with E-state index in [0.29, 0.717) is 33.7 Å². The number of para-hydroxylation sites is 2. The second-order valence-corrected chi connectivity index (χ2v) is 7.51. The lowest BCUT2D eigenvalue weighted by atomic mass is 10.1. The normalized spacial score (nSPS) is 10.8. The van der Waals surface area contributed by atoms with Gasteiger partial charge in [-0.25, -0.2) is 0 Å². The topological polar surface area (TPSA) is 81.0 Å². The van der Waals surface area contributed by atoms with Gasteiger partial charge in [0.05, 0.1) is 26.3 Å². The van der Waals surface area contributed by atoms with Crippen molar-refractivity contribution in [3.63, 3.8) is 0 Å². The summed E-state index contributed by atoms with van der Waals surface area (Å²) in [5.41, 5.74) is 0.980. The maximum Gasteiger partial charge on any atom is 0.268 e. The summed E-state index contributed by atoms with van der Waals surface area (Å²) in [5.74, 6) is 0.220. The molecule has 1 amide bonds. The summed E-state index contributed by atoms with van der Waals surface area (Å²) >= 11 is 0. The van der Waals surface area contributed by atoms with Gasteiger partial charge in [0.25, 0.3) is 11.5 Å². The summed E-state index contributed by atoms with van der Waals surface area (Å²) in [4.78, 5) is 28.4. The number of pyridine rings is 1. The molecular weight excluding hydrogens is 420 g/mol. The van der Waals surface area contributed by atoms with Crippen molar-refractivity contribution in [3.05, 3.63) is 94.3 Å². The van der Waals surface area contributed by atoms with Crippen molar-refractivity contribution in [2.75, 3.05) is 19.1 Å². The minimum Gasteiger partial charge on any atom is -0.506 e. The molecule has 7 heteroatoms. The van der Waals surface area contributed by atoms with Gasteiger partial charge < -0.3 is 24.0 Å². The van der Waals surface area contributed by atoms with Gasteiger partial charge in [-0.1, -0.05) is 30.3 Å². The zero-order valence-electron chi connectivity index (χ0n) is 18.6. The Morgan fingerprint density at radius 3 is 2.36 bits per heavy atom. The third-order valence-electron chi connectivity index (χ3n) is 5.63. The van der Waals surface area contributed by atoms with Crippen molar-refractivity contribution in [1.29, 1.82) is 0 Å². The number of carbonyl (C=O) groups is 1. The third kappa shape index (κ3) is 4.01. The Morgan fingerprint density at radius 1 is 0.970 bits per heavy atom. The molecule has 0 aliphatic carbocycles. The van der Waals surface area contributed by atoms with Crippen LogP contribution >= 0.6 is 0 Å². The van der Waals surface area contributed by atoms with E-state index < -0.39 is 11.5 Å². The second kappa shape index (κ2) is 9.08. The van der Waals surface area contributed by atoms with Crippen LogP contribution in [0.25, 0.3) is 10.9 Å². The fraction of sp³-hybridized carbons (Fsp3) is 0.154. The van der Waals surface area contributed by atoms with E-state index in [4.69, 9.17) is 9.47 Å². The van der Waals surface area contributed by atoms with Crippen LogP contribution in [0.15, 0.2) is 77.6 Å². The summed E-state index contributed by atoms with van der Waals surface area (Å²) in [6, 6.07) is 21.2. The molecule has 1 N–H and O–H groups in total. The molecule has 0 aliphatic rings. The number of hydrogen-bond donors (Lipinski definition) is 1. The van der Waals surface area contributed by atoms with E-state index in [9.17, 15) is 14.7 Å². The molecule has 1 heterocycles. The van der Waals surface area contributed by atoms with Gasteiger partial charge in [-0.05, 0) is 36.4 Å². The molecule has 33 heavy (non-hydrogen) atoms. The highest BCUT2D eigenvalue weighted by atomic mass is 16.5. The molecule has 7 nitrogen and oxygen atoms in total. The minimum absolute atomic E-state index is 0.117. The van der Waals surface area contributed by atoms with Crippen molar-refractivity contribution in [2.45, 2.75) is 6.54 Å². The van der Waals surface area contributed by atoms with Crippen LogP contribution in [0.2, 0.25) is 0 Å². The lowest BCUT2D eigenvalue weighted by molar-refractivity contribution is 0.0980. The Kier molecular flexibility index (Phi) is 6.04. The van der Waals surface area contributed by atoms with Gasteiger partial charge in [-0.2, -0.15) is 0 Å². The number of carbonyl (C=O) groups excluding carboxylic acids is 1. The molecule has 0 atom stereocenters. The molecule has 0 aliphatic heterocycles. The molecule has 0 saturated carbocycles. The average molecular weight is 444 g/mol. The van der Waals surface area contributed by atoms with Gasteiger partial charge in [-0.3, -0.25) is 9.59 Å². The number of aromatic hydroxyl groups is 1. The van der Waals surface area contributed by atoms with Crippen LogP contribution in [0, 0.1) is 0 Å². The number of hydrogen-bond acceptors (Lipinski definition) is 5. The largest absolute Gasteiger partial charge is 0.506 e. The number of fused-ring (bicyclic) bond motifs is 1. The number of anilines is 1. The van der Waals surface area contributed by atoms with E-state index in [1.165, 1.54) is 16.6 Å². The molecule has 4 rings (SSSR count). The summed E-state index contributed by atoms with van der Waals surface area (Å²) < 4.78 is 12.1. The number of amides is 1. The molecule has 4 aromatic rings. The van der Waals surface area contributed by atoms with Crippen LogP contribution in [0.4, 0.5) is 5.69 Å². The zero-order valence-corrected chi connectivity index (χ0v) is 18.6. The van der Waals surface area contributed by atoms with Gasteiger partial charge in [0.2, 0.25) is 0 Å². The van der Waals surface area contributed by atoms with Crippen LogP contribution < -0.4 is 19.9 Å². The van der Waals surface area contributed by atoms with Gasteiger partial charge in [0, 0.05) is 29.8 Å². The lowest BCUT2D eigenvalue weighted by Gasteiger charge is -2.25. The van der Waals surface area contributed by atoms with Crippen molar-refractivity contribution in [2.24, 2.45) is 7.05 Å². The summed E-state index contributed by atoms with van der Waals surface area (Å²) in [6.45, 7) is 0.117. The van der Waals surface area contributed by atoms with Crippen molar-refractivity contribution in [1.82, 2.24) is 4.57 Å². The van der Waals surface area contributed by atoms with Crippen molar-refractivity contribution < 1.29 is 19.4 Å². The Balaban J connectivity index is 1.87. The number of rotatable bonds is 6. The smallest absolute Gasteiger partial charge is 0.268 e. The predicted octanol–water partition coefficient (Wildman–Crippen LogP) is 4.11. The van der Waals surface area contributed by atoms with Gasteiger partial charge in [0.15, 0.2) is 0 Å². The fourth-order valence-corrected chi connectivity index (χ4v) is 3.85. The lowest BCUT2D eigenvalue weighted by Crippen LogP contribution is -2.36. The van der Waals surface area contributed by atoms with Crippen LogP contribution in [-0.4, -0.2) is 29.8 Å². The van der Waals surface area contributed by atoms with Crippen LogP contribution in [-0.2, 0) is 13.6 Å². The summed E-state index contributed by atoms with van der Waals surface area (Å²) in [6.07, 6.45) is 0. The van der Waals surface area contributed by atoms with E-state index in [2.05, 4.69) is 0 Å². The molecule has 3 aromatic carbocycles. The van der Waals surface area contributed by atoms with Crippen LogP contribution in [0.3, 0.4) is 0 Å². The quantitative estimate of drug-likeness (QED) is 0.484. The highest BCUT2D eigenvalue weighted by Crippen LogP contribution is 2.31. The first-order valence-corrected chi connectivity index (χ1v) is 10.3. The van der Waals surface area contributed by atoms with Gasteiger partial charge in [-0.15, -0.1) is 0 Å². The Hall–Kier alpha value is -4.26. The third-order valence-corrected chi connectivity index (χ3v) is 5.63. The highest BCUT2D eigenvalue weighted by Gasteiger charge is 2.27. The molecule has 168 valence electrons. The number of methoxy groups -OCH3 is 2. The molecule has 0 unspecified atom stereocenters. The Labute approximate surface area is 191 Å². The molecule has 0 bridgehead atoms. The van der Waals surface area contributed by atoms with Crippen LogP contribution in [0.1, 0.15) is 15.9 Å². The SMILES string of the molecule is COc1ccc(CN(C(=O)c2c(O)c3ccccc3n(C)c2=O)c2ccccc2)c(OC)c1. The first-order valence-electron chi connectivity index (χ1n) is 10.3. The number of ether oxygens (including phenoxy) is 2. The first kappa shape index (κ1) is 22.0. The Morgan fingerprint density at radius 2 is 1.67 bits per heavy atom. The molecule has 0 spiro atoms. The first-order chi connectivity index (χ1) is 16.0. The van der Waals surface area contributed by atoms with E-state index in [1.54, 1.807) is 80.9 Å². The van der Waals surface area contributed by atoms with E-state index >= 15 is 0 Å². The van der Waals surface area contributed by atoms with E-state index in [1.807, 2.05) is 6.07 Å². The maximum atomic E-state index is 13.8. The standard InChI is InChI=1S/C26H24N2O5/c1-27-21-12-8-7-11-20(21)24(29)23(25(27)30)26(31)28(18-9-5-4-6-10-18)16-17-13-14-19(32-2)15-22(17)33-3/h4-15,29H,16H2,1-3H3. The summed E-state index contributed by atoms with van der Waals surface area (Å²) in [7, 11) is 4.69. The van der Waals surface area contributed by atoms with Gasteiger partial charge in [0.1, 0.15) is 22.8 Å². The number of aryl methyl sites for hydroxylation is 1. The van der Waals surface area contributed by atoms with E-state index in [0.717, 1.165) is 0 Å².